The zero-order chi connectivity index (χ0) is 15.5. The quantitative estimate of drug-likeness (QED) is 0.611. The van der Waals surface area contributed by atoms with E-state index in [0.29, 0.717) is 0 Å². The highest BCUT2D eigenvalue weighted by Gasteiger charge is 2.05. The summed E-state index contributed by atoms with van der Waals surface area (Å²) in [5.41, 5.74) is 1.99. The molecule has 0 fully saturated rings. The maximum atomic E-state index is 11.8. The van der Waals surface area contributed by atoms with Crippen molar-refractivity contribution >= 4 is 23.5 Å². The minimum atomic E-state index is -0.130. The molecule has 3 N–H and O–H groups in total. The number of urea groups is 1. The van der Waals surface area contributed by atoms with Crippen molar-refractivity contribution in [2.24, 2.45) is 0 Å². The Kier molecular flexibility index (Phi) is 8.94. The van der Waals surface area contributed by atoms with E-state index in [4.69, 9.17) is 0 Å². The maximum absolute atomic E-state index is 11.8. The topological polar surface area (TPSA) is 53.2 Å². The fourth-order valence-electron chi connectivity index (χ4n) is 1.98. The molecule has 1 atom stereocenters. The molecule has 0 aliphatic heterocycles. The summed E-state index contributed by atoms with van der Waals surface area (Å²) in [6, 6.07) is 8.06. The maximum Gasteiger partial charge on any atom is 0.319 e. The number of hydrogen-bond acceptors (Lipinski definition) is 3. The van der Waals surface area contributed by atoms with Gasteiger partial charge >= 0.3 is 6.03 Å². The van der Waals surface area contributed by atoms with Crippen LogP contribution in [-0.4, -0.2) is 31.6 Å². The Bertz CT molecular complexity index is 426. The first kappa shape index (κ1) is 17.9. The Morgan fingerprint density at radius 3 is 2.81 bits per heavy atom. The van der Waals surface area contributed by atoms with Crippen molar-refractivity contribution in [2.75, 3.05) is 30.9 Å². The van der Waals surface area contributed by atoms with Crippen LogP contribution < -0.4 is 16.0 Å². The van der Waals surface area contributed by atoms with Crippen LogP contribution in [0, 0.1) is 0 Å². The average Bonchev–Trinajstić information content (AvgIpc) is 2.50. The van der Waals surface area contributed by atoms with Crippen LogP contribution in [0.5, 0.6) is 0 Å². The van der Waals surface area contributed by atoms with Gasteiger partial charge in [-0.15, -0.1) is 0 Å². The third-order valence-electron chi connectivity index (χ3n) is 3.39. The van der Waals surface area contributed by atoms with Gasteiger partial charge < -0.3 is 16.0 Å². The number of carbonyl (C=O) groups is 1. The first-order valence-electron chi connectivity index (χ1n) is 7.48. The van der Waals surface area contributed by atoms with E-state index in [1.54, 1.807) is 0 Å². The minimum Gasteiger partial charge on any atom is -0.338 e. The van der Waals surface area contributed by atoms with E-state index in [1.165, 1.54) is 12.2 Å². The molecule has 0 heterocycles. The zero-order valence-corrected chi connectivity index (χ0v) is 14.1. The molecule has 0 bridgehead atoms. The van der Waals surface area contributed by atoms with Gasteiger partial charge in [0, 0.05) is 18.3 Å². The summed E-state index contributed by atoms with van der Waals surface area (Å²) in [5.74, 6) is 1.20. The molecule has 21 heavy (non-hydrogen) atoms. The largest absolute Gasteiger partial charge is 0.338 e. The summed E-state index contributed by atoms with van der Waals surface area (Å²) >= 11 is 1.87. The SMILES string of the molecule is CNC(C)c1cccc(NC(=O)NCCCCCSC)c1. The Hall–Kier alpha value is -1.20. The van der Waals surface area contributed by atoms with Crippen molar-refractivity contribution in [3.8, 4) is 0 Å². The Morgan fingerprint density at radius 2 is 2.10 bits per heavy atom. The van der Waals surface area contributed by atoms with Gasteiger partial charge in [0.25, 0.3) is 0 Å². The predicted molar refractivity (Wildman–Crippen MR) is 93.2 cm³/mol. The summed E-state index contributed by atoms with van der Waals surface area (Å²) in [4.78, 5) is 11.8. The lowest BCUT2D eigenvalue weighted by molar-refractivity contribution is 0.252. The normalized spacial score (nSPS) is 12.0. The first-order chi connectivity index (χ1) is 10.2. The molecule has 4 nitrogen and oxygen atoms in total. The van der Waals surface area contributed by atoms with Gasteiger partial charge in [-0.3, -0.25) is 0 Å². The monoisotopic (exact) mass is 309 g/mol. The van der Waals surface area contributed by atoms with E-state index in [2.05, 4.69) is 35.2 Å². The van der Waals surface area contributed by atoms with Gasteiger partial charge in [-0.2, -0.15) is 11.8 Å². The minimum absolute atomic E-state index is 0.130. The summed E-state index contributed by atoms with van der Waals surface area (Å²) in [6.07, 6.45) is 5.53. The van der Waals surface area contributed by atoms with E-state index in [1.807, 2.05) is 37.0 Å². The molecule has 1 rings (SSSR count). The molecule has 0 saturated heterocycles. The summed E-state index contributed by atoms with van der Waals surface area (Å²) in [7, 11) is 1.93. The molecule has 118 valence electrons. The molecule has 2 amide bonds. The molecule has 0 aromatic heterocycles. The number of benzene rings is 1. The van der Waals surface area contributed by atoms with Gasteiger partial charge in [0.15, 0.2) is 0 Å². The average molecular weight is 309 g/mol. The van der Waals surface area contributed by atoms with Gasteiger partial charge in [0.05, 0.1) is 0 Å². The van der Waals surface area contributed by atoms with E-state index in [9.17, 15) is 4.79 Å². The number of carbonyl (C=O) groups excluding carboxylic acids is 1. The second-order valence-corrected chi connectivity index (χ2v) is 6.06. The molecular formula is C16H27N3OS. The molecule has 1 unspecified atom stereocenters. The number of rotatable bonds is 9. The van der Waals surface area contributed by atoms with Crippen molar-refractivity contribution in [2.45, 2.75) is 32.2 Å². The van der Waals surface area contributed by atoms with E-state index < -0.39 is 0 Å². The molecular weight excluding hydrogens is 282 g/mol. The van der Waals surface area contributed by atoms with Crippen molar-refractivity contribution in [1.29, 1.82) is 0 Å². The first-order valence-corrected chi connectivity index (χ1v) is 8.87. The molecule has 0 saturated carbocycles. The Labute approximate surface area is 132 Å². The third kappa shape index (κ3) is 7.39. The number of amides is 2. The second kappa shape index (κ2) is 10.5. The molecule has 0 aliphatic rings. The lowest BCUT2D eigenvalue weighted by Crippen LogP contribution is -2.29. The van der Waals surface area contributed by atoms with Crippen LogP contribution in [0.1, 0.15) is 37.8 Å². The number of nitrogens with one attached hydrogen (secondary N) is 3. The predicted octanol–water partition coefficient (Wildman–Crippen LogP) is 3.62. The van der Waals surface area contributed by atoms with Crippen molar-refractivity contribution < 1.29 is 4.79 Å². The molecule has 0 aliphatic carbocycles. The summed E-state index contributed by atoms with van der Waals surface area (Å²) in [6.45, 7) is 2.82. The van der Waals surface area contributed by atoms with E-state index >= 15 is 0 Å². The standard InChI is InChI=1S/C16H27N3OS/c1-13(17-2)14-8-7-9-15(12-14)19-16(20)18-10-5-4-6-11-21-3/h7-9,12-13,17H,4-6,10-11H2,1-3H3,(H2,18,19,20). The molecule has 1 aromatic carbocycles. The van der Waals surface area contributed by atoms with Crippen molar-refractivity contribution in [1.82, 2.24) is 10.6 Å². The fraction of sp³-hybridized carbons (Fsp3) is 0.562. The highest BCUT2D eigenvalue weighted by molar-refractivity contribution is 7.98. The lowest BCUT2D eigenvalue weighted by Gasteiger charge is -2.13. The number of thioether (sulfide) groups is 1. The van der Waals surface area contributed by atoms with Crippen LogP contribution in [0.15, 0.2) is 24.3 Å². The highest BCUT2D eigenvalue weighted by atomic mass is 32.2. The van der Waals surface area contributed by atoms with Gasteiger partial charge in [0.1, 0.15) is 0 Å². The second-order valence-electron chi connectivity index (χ2n) is 5.07. The summed E-state index contributed by atoms with van der Waals surface area (Å²) in [5, 5.41) is 8.97. The van der Waals surface area contributed by atoms with E-state index in [-0.39, 0.29) is 12.1 Å². The van der Waals surface area contributed by atoms with Crippen LogP contribution in [0.2, 0.25) is 0 Å². The zero-order valence-electron chi connectivity index (χ0n) is 13.2. The number of unbranched alkanes of at least 4 members (excludes halogenated alkanes) is 2. The number of anilines is 1. The van der Waals surface area contributed by atoms with Crippen LogP contribution in [0.25, 0.3) is 0 Å². The van der Waals surface area contributed by atoms with Crippen LogP contribution in [-0.2, 0) is 0 Å². The fourth-order valence-corrected chi connectivity index (χ4v) is 2.47. The Balaban J connectivity index is 2.31. The smallest absolute Gasteiger partial charge is 0.319 e. The van der Waals surface area contributed by atoms with Gasteiger partial charge in [-0.25, -0.2) is 4.79 Å². The van der Waals surface area contributed by atoms with Gasteiger partial charge in [-0.1, -0.05) is 18.6 Å². The Morgan fingerprint density at radius 1 is 1.29 bits per heavy atom. The molecule has 0 radical (unpaired) electrons. The van der Waals surface area contributed by atoms with Crippen LogP contribution in [0.3, 0.4) is 0 Å². The van der Waals surface area contributed by atoms with Gasteiger partial charge in [-0.05, 0) is 56.5 Å². The number of hydrogen-bond donors (Lipinski definition) is 3. The highest BCUT2D eigenvalue weighted by Crippen LogP contribution is 2.16. The van der Waals surface area contributed by atoms with Crippen LogP contribution in [0.4, 0.5) is 10.5 Å². The molecule has 5 heteroatoms. The van der Waals surface area contributed by atoms with Crippen LogP contribution >= 0.6 is 11.8 Å². The van der Waals surface area contributed by atoms with Crippen molar-refractivity contribution in [3.63, 3.8) is 0 Å². The van der Waals surface area contributed by atoms with E-state index in [0.717, 1.165) is 30.6 Å². The third-order valence-corrected chi connectivity index (χ3v) is 4.09. The molecule has 1 aromatic rings. The summed E-state index contributed by atoms with van der Waals surface area (Å²) < 4.78 is 0. The molecule has 0 spiro atoms. The van der Waals surface area contributed by atoms with Crippen molar-refractivity contribution in [3.05, 3.63) is 29.8 Å². The lowest BCUT2D eigenvalue weighted by atomic mass is 10.1. The van der Waals surface area contributed by atoms with Gasteiger partial charge in [0.2, 0.25) is 0 Å².